The molecule has 0 heterocycles. The SMILES string of the molecule is O=C(O)CC1(NC(=O)c2ccc3c(c2)CCC3)CCC1. The molecule has 0 saturated heterocycles. The molecule has 1 amide bonds. The molecule has 1 aromatic rings. The van der Waals surface area contributed by atoms with E-state index in [9.17, 15) is 9.59 Å². The van der Waals surface area contributed by atoms with Gasteiger partial charge in [0.15, 0.2) is 0 Å². The van der Waals surface area contributed by atoms with Crippen molar-refractivity contribution in [1.29, 1.82) is 0 Å². The number of carbonyl (C=O) groups is 2. The summed E-state index contributed by atoms with van der Waals surface area (Å²) in [7, 11) is 0. The molecule has 106 valence electrons. The third-order valence-electron chi connectivity index (χ3n) is 4.54. The highest BCUT2D eigenvalue weighted by molar-refractivity contribution is 5.95. The maximum Gasteiger partial charge on any atom is 0.305 e. The van der Waals surface area contributed by atoms with Crippen LogP contribution >= 0.6 is 0 Å². The summed E-state index contributed by atoms with van der Waals surface area (Å²) in [5.74, 6) is -0.986. The van der Waals surface area contributed by atoms with Crippen molar-refractivity contribution in [1.82, 2.24) is 5.32 Å². The Kier molecular flexibility index (Phi) is 3.24. The van der Waals surface area contributed by atoms with E-state index < -0.39 is 11.5 Å². The van der Waals surface area contributed by atoms with Gasteiger partial charge in [-0.05, 0) is 61.8 Å². The Balaban J connectivity index is 1.74. The number of carboxylic acid groups (broad SMARTS) is 1. The van der Waals surface area contributed by atoms with Crippen LogP contribution in [0, 0.1) is 0 Å². The van der Waals surface area contributed by atoms with Crippen LogP contribution in [-0.2, 0) is 17.6 Å². The molecule has 2 aliphatic rings. The van der Waals surface area contributed by atoms with Gasteiger partial charge in [-0.1, -0.05) is 6.07 Å². The van der Waals surface area contributed by atoms with E-state index in [0.717, 1.165) is 38.5 Å². The Morgan fingerprint density at radius 3 is 2.55 bits per heavy atom. The molecule has 0 bridgehead atoms. The first kappa shape index (κ1) is 13.2. The predicted molar refractivity (Wildman–Crippen MR) is 74.8 cm³/mol. The second kappa shape index (κ2) is 4.93. The summed E-state index contributed by atoms with van der Waals surface area (Å²) in [4.78, 5) is 23.3. The van der Waals surface area contributed by atoms with Gasteiger partial charge in [-0.2, -0.15) is 0 Å². The Hall–Kier alpha value is -1.84. The minimum atomic E-state index is -0.848. The molecule has 20 heavy (non-hydrogen) atoms. The highest BCUT2D eigenvalue weighted by Gasteiger charge is 2.40. The molecule has 0 radical (unpaired) electrons. The summed E-state index contributed by atoms with van der Waals surface area (Å²) in [6, 6.07) is 5.85. The molecule has 2 aliphatic carbocycles. The zero-order chi connectivity index (χ0) is 14.2. The number of hydrogen-bond donors (Lipinski definition) is 2. The summed E-state index contributed by atoms with van der Waals surface area (Å²) >= 11 is 0. The number of fused-ring (bicyclic) bond motifs is 1. The summed E-state index contributed by atoms with van der Waals surface area (Å²) in [5.41, 5.74) is 2.73. The number of rotatable bonds is 4. The van der Waals surface area contributed by atoms with Gasteiger partial charge in [0.25, 0.3) is 5.91 Å². The van der Waals surface area contributed by atoms with Crippen molar-refractivity contribution < 1.29 is 14.7 Å². The smallest absolute Gasteiger partial charge is 0.305 e. The summed E-state index contributed by atoms with van der Waals surface area (Å²) in [6.07, 6.45) is 5.81. The standard InChI is InChI=1S/C16H19NO3/c18-14(19)10-16(7-2-8-16)17-15(20)13-6-5-11-3-1-4-12(11)9-13/h5-6,9H,1-4,7-8,10H2,(H,17,20)(H,18,19). The second-order valence-corrected chi connectivity index (χ2v) is 6.00. The molecule has 2 N–H and O–H groups in total. The number of aryl methyl sites for hydroxylation is 2. The fraction of sp³-hybridized carbons (Fsp3) is 0.500. The van der Waals surface area contributed by atoms with Crippen LogP contribution in [0.25, 0.3) is 0 Å². The van der Waals surface area contributed by atoms with Crippen LogP contribution in [0.15, 0.2) is 18.2 Å². The van der Waals surface area contributed by atoms with Gasteiger partial charge in [-0.3, -0.25) is 9.59 Å². The Morgan fingerprint density at radius 2 is 1.90 bits per heavy atom. The van der Waals surface area contributed by atoms with Gasteiger partial charge in [0.2, 0.25) is 0 Å². The van der Waals surface area contributed by atoms with E-state index >= 15 is 0 Å². The lowest BCUT2D eigenvalue weighted by Crippen LogP contribution is -2.54. The normalized spacial score (nSPS) is 19.0. The van der Waals surface area contributed by atoms with E-state index in [4.69, 9.17) is 5.11 Å². The number of benzene rings is 1. The van der Waals surface area contributed by atoms with Gasteiger partial charge >= 0.3 is 5.97 Å². The average molecular weight is 273 g/mol. The lowest BCUT2D eigenvalue weighted by molar-refractivity contribution is -0.139. The van der Waals surface area contributed by atoms with Gasteiger partial charge < -0.3 is 10.4 Å². The molecule has 1 aromatic carbocycles. The van der Waals surface area contributed by atoms with E-state index in [1.165, 1.54) is 11.1 Å². The molecule has 1 saturated carbocycles. The van der Waals surface area contributed by atoms with Crippen molar-refractivity contribution >= 4 is 11.9 Å². The van der Waals surface area contributed by atoms with Crippen molar-refractivity contribution in [3.05, 3.63) is 34.9 Å². The Labute approximate surface area is 118 Å². The number of carbonyl (C=O) groups excluding carboxylic acids is 1. The Morgan fingerprint density at radius 1 is 1.15 bits per heavy atom. The van der Waals surface area contributed by atoms with Crippen LogP contribution in [0.2, 0.25) is 0 Å². The number of amides is 1. The third kappa shape index (κ3) is 2.42. The van der Waals surface area contributed by atoms with Gasteiger partial charge in [0.1, 0.15) is 0 Å². The van der Waals surface area contributed by atoms with Gasteiger partial charge in [-0.25, -0.2) is 0 Å². The highest BCUT2D eigenvalue weighted by atomic mass is 16.4. The van der Waals surface area contributed by atoms with Crippen molar-refractivity contribution in [2.75, 3.05) is 0 Å². The molecule has 0 aliphatic heterocycles. The predicted octanol–water partition coefficient (Wildman–Crippen LogP) is 2.30. The van der Waals surface area contributed by atoms with Crippen molar-refractivity contribution in [3.8, 4) is 0 Å². The molecule has 1 fully saturated rings. The lowest BCUT2D eigenvalue weighted by atomic mass is 9.74. The molecule has 4 nitrogen and oxygen atoms in total. The molecular formula is C16H19NO3. The van der Waals surface area contributed by atoms with Crippen LogP contribution in [0.1, 0.15) is 53.6 Å². The van der Waals surface area contributed by atoms with Crippen molar-refractivity contribution in [2.45, 2.75) is 50.5 Å². The largest absolute Gasteiger partial charge is 0.481 e. The van der Waals surface area contributed by atoms with Gasteiger partial charge in [0, 0.05) is 5.56 Å². The highest BCUT2D eigenvalue weighted by Crippen LogP contribution is 2.35. The van der Waals surface area contributed by atoms with Crippen LogP contribution < -0.4 is 5.32 Å². The minimum Gasteiger partial charge on any atom is -0.481 e. The van der Waals surface area contributed by atoms with E-state index in [1.54, 1.807) is 0 Å². The molecular weight excluding hydrogens is 254 g/mol. The number of aliphatic carboxylic acids is 1. The van der Waals surface area contributed by atoms with Crippen LogP contribution in [0.3, 0.4) is 0 Å². The van der Waals surface area contributed by atoms with Crippen LogP contribution in [0.5, 0.6) is 0 Å². The molecule has 0 atom stereocenters. The topological polar surface area (TPSA) is 66.4 Å². The monoisotopic (exact) mass is 273 g/mol. The summed E-state index contributed by atoms with van der Waals surface area (Å²) in [6.45, 7) is 0. The van der Waals surface area contributed by atoms with E-state index in [0.29, 0.717) is 5.56 Å². The molecule has 0 spiro atoms. The second-order valence-electron chi connectivity index (χ2n) is 6.00. The van der Waals surface area contributed by atoms with Crippen molar-refractivity contribution in [3.63, 3.8) is 0 Å². The van der Waals surface area contributed by atoms with Crippen LogP contribution in [-0.4, -0.2) is 22.5 Å². The quantitative estimate of drug-likeness (QED) is 0.884. The van der Waals surface area contributed by atoms with E-state index in [-0.39, 0.29) is 12.3 Å². The molecule has 0 unspecified atom stereocenters. The van der Waals surface area contributed by atoms with Crippen molar-refractivity contribution in [2.24, 2.45) is 0 Å². The summed E-state index contributed by atoms with van der Waals surface area (Å²) in [5, 5.41) is 11.9. The first-order chi connectivity index (χ1) is 9.58. The van der Waals surface area contributed by atoms with Gasteiger partial charge in [-0.15, -0.1) is 0 Å². The summed E-state index contributed by atoms with van der Waals surface area (Å²) < 4.78 is 0. The Bertz CT molecular complexity index is 561. The average Bonchev–Trinajstić information content (AvgIpc) is 2.82. The number of hydrogen-bond acceptors (Lipinski definition) is 2. The maximum atomic E-state index is 12.3. The molecule has 3 rings (SSSR count). The molecule has 0 aromatic heterocycles. The molecule has 4 heteroatoms. The first-order valence-corrected chi connectivity index (χ1v) is 7.24. The lowest BCUT2D eigenvalue weighted by Gasteiger charge is -2.41. The first-order valence-electron chi connectivity index (χ1n) is 7.24. The number of nitrogens with one attached hydrogen (secondary N) is 1. The zero-order valence-corrected chi connectivity index (χ0v) is 11.4. The van der Waals surface area contributed by atoms with E-state index in [2.05, 4.69) is 5.32 Å². The number of carboxylic acids is 1. The third-order valence-corrected chi connectivity index (χ3v) is 4.54. The minimum absolute atomic E-state index is 0.0175. The van der Waals surface area contributed by atoms with Crippen LogP contribution in [0.4, 0.5) is 0 Å². The van der Waals surface area contributed by atoms with Gasteiger partial charge in [0.05, 0.1) is 12.0 Å². The fourth-order valence-electron chi connectivity index (χ4n) is 3.27. The maximum absolute atomic E-state index is 12.3. The zero-order valence-electron chi connectivity index (χ0n) is 11.4. The van der Waals surface area contributed by atoms with E-state index in [1.807, 2.05) is 18.2 Å². The fourth-order valence-corrected chi connectivity index (χ4v) is 3.27.